The normalized spacial score (nSPS) is 12.0. The molecule has 0 aliphatic carbocycles. The molecule has 0 bridgehead atoms. The molecule has 0 saturated heterocycles. The van der Waals surface area contributed by atoms with Crippen LogP contribution in [0.2, 0.25) is 0 Å². The Hall–Kier alpha value is -3.50. The minimum Gasteiger partial charge on any atom is -0.383 e. The molecule has 7 nitrogen and oxygen atoms in total. The van der Waals surface area contributed by atoms with Crippen LogP contribution in [0.15, 0.2) is 36.7 Å². The number of hydrogen-bond acceptors (Lipinski definition) is 5. The predicted molar refractivity (Wildman–Crippen MR) is 88.2 cm³/mol. The lowest BCUT2D eigenvalue weighted by molar-refractivity contribution is -0.140. The summed E-state index contributed by atoms with van der Waals surface area (Å²) >= 11 is 0. The van der Waals surface area contributed by atoms with Gasteiger partial charge in [-0.3, -0.25) is 4.68 Å². The Kier molecular flexibility index (Phi) is 3.61. The maximum atomic E-state index is 14.1. The molecule has 0 aliphatic heterocycles. The fourth-order valence-electron chi connectivity index (χ4n) is 2.89. The van der Waals surface area contributed by atoms with Gasteiger partial charge in [-0.15, -0.1) is 0 Å². The molecular formula is C16H11F4N7. The van der Waals surface area contributed by atoms with E-state index in [9.17, 15) is 17.6 Å². The van der Waals surface area contributed by atoms with Crippen molar-refractivity contribution < 1.29 is 17.6 Å². The number of hydrogen-bond donors (Lipinski definition) is 1. The first-order valence-corrected chi connectivity index (χ1v) is 7.63. The zero-order valence-electron chi connectivity index (χ0n) is 13.7. The number of benzene rings is 1. The number of nitrogens with two attached hydrogens (primary N) is 1. The fourth-order valence-corrected chi connectivity index (χ4v) is 2.89. The first kappa shape index (κ1) is 16.9. The van der Waals surface area contributed by atoms with Gasteiger partial charge in [0.15, 0.2) is 5.69 Å². The van der Waals surface area contributed by atoms with Crippen molar-refractivity contribution in [3.8, 4) is 17.2 Å². The highest BCUT2D eigenvalue weighted by Gasteiger charge is 2.41. The van der Waals surface area contributed by atoms with E-state index in [0.717, 1.165) is 9.36 Å². The Morgan fingerprint density at radius 1 is 1.04 bits per heavy atom. The molecule has 0 atom stereocenters. The number of nitrogen functional groups attached to an aromatic ring is 1. The Balaban J connectivity index is 2.07. The molecule has 27 heavy (non-hydrogen) atoms. The number of aromatic nitrogens is 6. The van der Waals surface area contributed by atoms with Crippen LogP contribution < -0.4 is 5.73 Å². The van der Waals surface area contributed by atoms with Gasteiger partial charge in [-0.05, 0) is 12.1 Å². The van der Waals surface area contributed by atoms with Crippen molar-refractivity contribution in [2.24, 2.45) is 7.05 Å². The molecular weight excluding hydrogens is 366 g/mol. The number of para-hydroxylation sites is 1. The van der Waals surface area contributed by atoms with Crippen molar-refractivity contribution in [1.29, 1.82) is 0 Å². The first-order chi connectivity index (χ1) is 12.8. The SMILES string of the molecule is Cn1nc(-c2c(C(F)(F)F)nn(-c3ncccn3)c2N)c2cccc(F)c21. The van der Waals surface area contributed by atoms with Crippen LogP contribution in [0.25, 0.3) is 28.1 Å². The van der Waals surface area contributed by atoms with E-state index in [4.69, 9.17) is 5.73 Å². The van der Waals surface area contributed by atoms with Crippen LogP contribution in [-0.4, -0.2) is 29.5 Å². The van der Waals surface area contributed by atoms with Crippen LogP contribution in [-0.2, 0) is 13.2 Å². The second kappa shape index (κ2) is 5.76. The highest BCUT2D eigenvalue weighted by Crippen LogP contribution is 2.42. The van der Waals surface area contributed by atoms with Crippen molar-refractivity contribution >= 4 is 16.7 Å². The molecule has 0 aliphatic rings. The topological polar surface area (TPSA) is 87.4 Å². The molecule has 0 fully saturated rings. The fraction of sp³-hybridized carbons (Fsp3) is 0.125. The number of halogens is 4. The summed E-state index contributed by atoms with van der Waals surface area (Å²) in [5, 5.41) is 7.81. The second-order valence-electron chi connectivity index (χ2n) is 5.68. The third kappa shape index (κ3) is 2.58. The Morgan fingerprint density at radius 2 is 1.74 bits per heavy atom. The van der Waals surface area contributed by atoms with Gasteiger partial charge in [0.1, 0.15) is 22.8 Å². The number of nitrogens with zero attached hydrogens (tertiary/aromatic N) is 6. The molecule has 3 heterocycles. The molecule has 0 saturated carbocycles. The number of alkyl halides is 3. The number of aryl methyl sites for hydroxylation is 1. The van der Waals surface area contributed by atoms with E-state index < -0.39 is 23.3 Å². The van der Waals surface area contributed by atoms with E-state index in [1.807, 2.05) is 0 Å². The van der Waals surface area contributed by atoms with Gasteiger partial charge in [-0.2, -0.15) is 28.1 Å². The largest absolute Gasteiger partial charge is 0.435 e. The van der Waals surface area contributed by atoms with Crippen molar-refractivity contribution in [1.82, 2.24) is 29.5 Å². The van der Waals surface area contributed by atoms with Gasteiger partial charge in [0.2, 0.25) is 0 Å². The predicted octanol–water partition coefficient (Wildman–Crippen LogP) is 2.96. The van der Waals surface area contributed by atoms with Gasteiger partial charge < -0.3 is 5.73 Å². The monoisotopic (exact) mass is 377 g/mol. The quantitative estimate of drug-likeness (QED) is 0.543. The lowest BCUT2D eigenvalue weighted by atomic mass is 10.1. The number of fused-ring (bicyclic) bond motifs is 1. The van der Waals surface area contributed by atoms with Gasteiger partial charge >= 0.3 is 6.18 Å². The molecule has 3 aromatic heterocycles. The Morgan fingerprint density at radius 3 is 2.41 bits per heavy atom. The van der Waals surface area contributed by atoms with Crippen molar-refractivity contribution in [2.75, 3.05) is 5.73 Å². The summed E-state index contributed by atoms with van der Waals surface area (Å²) in [7, 11) is 1.43. The summed E-state index contributed by atoms with van der Waals surface area (Å²) in [5.41, 5.74) is 4.21. The molecule has 4 rings (SSSR count). The van der Waals surface area contributed by atoms with E-state index in [1.165, 1.54) is 43.7 Å². The van der Waals surface area contributed by atoms with Crippen LogP contribution in [0.4, 0.5) is 23.4 Å². The summed E-state index contributed by atoms with van der Waals surface area (Å²) < 4.78 is 57.0. The average Bonchev–Trinajstić information content (AvgIpc) is 3.14. The summed E-state index contributed by atoms with van der Waals surface area (Å²) in [4.78, 5) is 7.76. The van der Waals surface area contributed by atoms with Crippen LogP contribution in [0, 0.1) is 5.82 Å². The van der Waals surface area contributed by atoms with E-state index in [-0.39, 0.29) is 28.4 Å². The molecule has 0 unspecified atom stereocenters. The lowest BCUT2D eigenvalue weighted by Gasteiger charge is -2.05. The summed E-state index contributed by atoms with van der Waals surface area (Å²) in [6, 6.07) is 5.56. The van der Waals surface area contributed by atoms with Gasteiger partial charge in [0, 0.05) is 24.8 Å². The summed E-state index contributed by atoms with van der Waals surface area (Å²) in [6.07, 6.45) is -2.12. The molecule has 2 N–H and O–H groups in total. The molecule has 11 heteroatoms. The molecule has 138 valence electrons. The zero-order valence-corrected chi connectivity index (χ0v) is 13.7. The van der Waals surface area contributed by atoms with E-state index in [0.29, 0.717) is 0 Å². The standard InChI is InChI=1S/C16H11F4N7/c1-26-12-8(4-2-5-9(12)17)11(24-26)10-13(16(18,19)20)25-27(14(10)21)15-22-6-3-7-23-15/h2-7H,21H2,1H3. The Bertz CT molecular complexity index is 1150. The van der Waals surface area contributed by atoms with Crippen molar-refractivity contribution in [3.05, 3.63) is 48.2 Å². The van der Waals surface area contributed by atoms with Crippen LogP contribution in [0.5, 0.6) is 0 Å². The molecule has 4 aromatic rings. The second-order valence-corrected chi connectivity index (χ2v) is 5.68. The molecule has 0 radical (unpaired) electrons. The van der Waals surface area contributed by atoms with Crippen LogP contribution in [0.1, 0.15) is 5.69 Å². The minimum absolute atomic E-state index is 0.0590. The Labute approximate surface area is 149 Å². The van der Waals surface area contributed by atoms with Crippen molar-refractivity contribution in [3.63, 3.8) is 0 Å². The van der Waals surface area contributed by atoms with E-state index in [1.54, 1.807) is 0 Å². The highest BCUT2D eigenvalue weighted by atomic mass is 19.4. The third-order valence-electron chi connectivity index (χ3n) is 3.98. The van der Waals surface area contributed by atoms with Gasteiger partial charge in [-0.25, -0.2) is 14.4 Å². The molecule has 0 amide bonds. The van der Waals surface area contributed by atoms with Gasteiger partial charge in [0.25, 0.3) is 5.95 Å². The average molecular weight is 377 g/mol. The maximum Gasteiger partial charge on any atom is 0.435 e. The van der Waals surface area contributed by atoms with Crippen LogP contribution in [0.3, 0.4) is 0 Å². The number of anilines is 1. The zero-order chi connectivity index (χ0) is 19.3. The number of rotatable bonds is 2. The minimum atomic E-state index is -4.82. The van der Waals surface area contributed by atoms with Gasteiger partial charge in [0.05, 0.1) is 5.56 Å². The lowest BCUT2D eigenvalue weighted by Crippen LogP contribution is -2.09. The van der Waals surface area contributed by atoms with E-state index in [2.05, 4.69) is 20.2 Å². The summed E-state index contributed by atoms with van der Waals surface area (Å²) in [6.45, 7) is 0. The van der Waals surface area contributed by atoms with Gasteiger partial charge in [-0.1, -0.05) is 12.1 Å². The van der Waals surface area contributed by atoms with E-state index >= 15 is 0 Å². The smallest absolute Gasteiger partial charge is 0.383 e. The third-order valence-corrected chi connectivity index (χ3v) is 3.98. The molecule has 0 spiro atoms. The summed E-state index contributed by atoms with van der Waals surface area (Å²) in [5.74, 6) is -1.09. The highest BCUT2D eigenvalue weighted by molar-refractivity contribution is 5.97. The first-order valence-electron chi connectivity index (χ1n) is 7.63. The van der Waals surface area contributed by atoms with Crippen LogP contribution >= 0.6 is 0 Å². The molecule has 1 aromatic carbocycles. The maximum absolute atomic E-state index is 14.1. The van der Waals surface area contributed by atoms with Crippen molar-refractivity contribution in [2.45, 2.75) is 6.18 Å².